The second-order valence-corrected chi connectivity index (χ2v) is 4.23. The van der Waals surface area contributed by atoms with Gasteiger partial charge in [-0.15, -0.1) is 0 Å². The van der Waals surface area contributed by atoms with Crippen molar-refractivity contribution in [1.82, 2.24) is 24.7 Å². The van der Waals surface area contributed by atoms with Crippen molar-refractivity contribution in [2.24, 2.45) is 12.9 Å². The largest absolute Gasteiger partial charge is 0.308 e. The molecule has 0 fully saturated rings. The van der Waals surface area contributed by atoms with Gasteiger partial charge in [0.1, 0.15) is 23.5 Å². The summed E-state index contributed by atoms with van der Waals surface area (Å²) in [7, 11) is 1.84. The lowest BCUT2D eigenvalue weighted by atomic mass is 10.2. The van der Waals surface area contributed by atoms with Crippen molar-refractivity contribution < 1.29 is 0 Å². The first kappa shape index (κ1) is 11.8. The van der Waals surface area contributed by atoms with Crippen LogP contribution in [0.4, 0.5) is 5.82 Å². The van der Waals surface area contributed by atoms with Gasteiger partial charge in [0.15, 0.2) is 5.16 Å². The molecular formula is C9H13N7S. The Hall–Kier alpha value is -1.67. The summed E-state index contributed by atoms with van der Waals surface area (Å²) in [4.78, 5) is 12.5. The average molecular weight is 251 g/mol. The molecule has 0 aliphatic carbocycles. The lowest BCUT2D eigenvalue weighted by Crippen LogP contribution is -2.12. The van der Waals surface area contributed by atoms with Crippen molar-refractivity contribution in [2.45, 2.75) is 23.5 Å². The summed E-state index contributed by atoms with van der Waals surface area (Å²) in [6, 6.07) is 0. The molecule has 0 aliphatic heterocycles. The van der Waals surface area contributed by atoms with Crippen molar-refractivity contribution in [1.29, 1.82) is 0 Å². The summed E-state index contributed by atoms with van der Waals surface area (Å²) in [5.41, 5.74) is 3.55. The second-order valence-electron chi connectivity index (χ2n) is 3.27. The van der Waals surface area contributed by atoms with Crippen molar-refractivity contribution in [3.63, 3.8) is 0 Å². The van der Waals surface area contributed by atoms with Crippen LogP contribution in [0.15, 0.2) is 22.8 Å². The van der Waals surface area contributed by atoms with Crippen LogP contribution in [0.25, 0.3) is 0 Å². The van der Waals surface area contributed by atoms with E-state index in [0.717, 1.165) is 22.2 Å². The highest BCUT2D eigenvalue weighted by molar-refractivity contribution is 7.99. The number of nitrogens with zero attached hydrogens (tertiary/aromatic N) is 5. The van der Waals surface area contributed by atoms with Crippen molar-refractivity contribution in [3.05, 3.63) is 18.2 Å². The highest BCUT2D eigenvalue weighted by Gasteiger charge is 2.12. The van der Waals surface area contributed by atoms with Crippen LogP contribution in [-0.2, 0) is 13.5 Å². The maximum absolute atomic E-state index is 5.42. The molecule has 2 aromatic heterocycles. The van der Waals surface area contributed by atoms with Gasteiger partial charge >= 0.3 is 0 Å². The summed E-state index contributed by atoms with van der Waals surface area (Å²) in [6.07, 6.45) is 3.78. The lowest BCUT2D eigenvalue weighted by molar-refractivity contribution is 0.684. The van der Waals surface area contributed by atoms with Gasteiger partial charge in [0.2, 0.25) is 0 Å². The minimum atomic E-state index is 0.646. The first-order chi connectivity index (χ1) is 8.26. The normalized spacial score (nSPS) is 10.5. The minimum Gasteiger partial charge on any atom is -0.308 e. The summed E-state index contributed by atoms with van der Waals surface area (Å²) in [5, 5.41) is 5.63. The van der Waals surface area contributed by atoms with Crippen LogP contribution >= 0.6 is 11.8 Å². The van der Waals surface area contributed by atoms with E-state index in [0.29, 0.717) is 5.82 Å². The van der Waals surface area contributed by atoms with Crippen LogP contribution in [0.3, 0.4) is 0 Å². The Balaban J connectivity index is 2.36. The molecule has 2 aromatic rings. The first-order valence-electron chi connectivity index (χ1n) is 5.08. The highest BCUT2D eigenvalue weighted by atomic mass is 32.2. The average Bonchev–Trinajstić information content (AvgIpc) is 2.74. The Kier molecular flexibility index (Phi) is 3.55. The maximum atomic E-state index is 5.42. The van der Waals surface area contributed by atoms with Gasteiger partial charge < -0.3 is 5.43 Å². The van der Waals surface area contributed by atoms with Crippen molar-refractivity contribution in [3.8, 4) is 0 Å². The zero-order chi connectivity index (χ0) is 12.3. The number of hydrogen-bond donors (Lipinski definition) is 2. The third-order valence-electron chi connectivity index (χ3n) is 2.25. The third kappa shape index (κ3) is 2.37. The van der Waals surface area contributed by atoms with Crippen molar-refractivity contribution >= 4 is 17.6 Å². The van der Waals surface area contributed by atoms with E-state index in [1.54, 1.807) is 4.68 Å². The van der Waals surface area contributed by atoms with E-state index in [1.165, 1.54) is 24.4 Å². The number of aryl methyl sites for hydroxylation is 1. The van der Waals surface area contributed by atoms with Gasteiger partial charge in [-0.25, -0.2) is 25.5 Å². The number of anilines is 1. The summed E-state index contributed by atoms with van der Waals surface area (Å²) >= 11 is 1.44. The quantitative estimate of drug-likeness (QED) is 0.467. The third-order valence-corrected chi connectivity index (χ3v) is 3.35. The Bertz CT molecular complexity index is 510. The van der Waals surface area contributed by atoms with Gasteiger partial charge in [-0.2, -0.15) is 5.10 Å². The van der Waals surface area contributed by atoms with E-state index in [2.05, 4.69) is 25.5 Å². The molecule has 0 saturated carbocycles. The minimum absolute atomic E-state index is 0.646. The molecule has 0 unspecified atom stereocenters. The molecule has 2 rings (SSSR count). The molecule has 0 bridgehead atoms. The molecule has 0 amide bonds. The van der Waals surface area contributed by atoms with E-state index in [9.17, 15) is 0 Å². The van der Waals surface area contributed by atoms with Gasteiger partial charge in [0.25, 0.3) is 0 Å². The summed E-state index contributed by atoms with van der Waals surface area (Å²) in [6.45, 7) is 2.03. The topological polar surface area (TPSA) is 94.5 Å². The van der Waals surface area contributed by atoms with Gasteiger partial charge in [0.05, 0.1) is 0 Å². The molecule has 0 atom stereocenters. The first-order valence-corrected chi connectivity index (χ1v) is 5.90. The number of nitrogens with two attached hydrogens (primary N) is 1. The molecule has 7 nitrogen and oxygen atoms in total. The molecule has 0 saturated heterocycles. The zero-order valence-corrected chi connectivity index (χ0v) is 10.4. The van der Waals surface area contributed by atoms with Crippen LogP contribution in [0.2, 0.25) is 0 Å². The van der Waals surface area contributed by atoms with Crippen molar-refractivity contribution in [2.75, 3.05) is 5.43 Å². The number of hydrogen-bond acceptors (Lipinski definition) is 7. The fraction of sp³-hybridized carbons (Fsp3) is 0.333. The number of nitrogens with one attached hydrogen (secondary N) is 1. The van der Waals surface area contributed by atoms with E-state index in [-0.39, 0.29) is 0 Å². The van der Waals surface area contributed by atoms with Gasteiger partial charge in [0, 0.05) is 12.6 Å². The monoisotopic (exact) mass is 251 g/mol. The number of aromatic nitrogens is 5. The number of hydrazine groups is 1. The van der Waals surface area contributed by atoms with Crippen LogP contribution in [-0.4, -0.2) is 24.7 Å². The van der Waals surface area contributed by atoms with Gasteiger partial charge in [-0.3, -0.25) is 0 Å². The Morgan fingerprint density at radius 3 is 2.76 bits per heavy atom. The van der Waals surface area contributed by atoms with E-state index >= 15 is 0 Å². The summed E-state index contributed by atoms with van der Waals surface area (Å²) in [5.74, 6) is 6.06. The predicted molar refractivity (Wildman–Crippen MR) is 64.3 cm³/mol. The van der Waals surface area contributed by atoms with Crippen LogP contribution in [0.5, 0.6) is 0 Å². The van der Waals surface area contributed by atoms with Crippen LogP contribution in [0.1, 0.15) is 12.5 Å². The molecule has 0 spiro atoms. The molecule has 0 aromatic carbocycles. The van der Waals surface area contributed by atoms with Crippen LogP contribution in [0, 0.1) is 0 Å². The fourth-order valence-corrected chi connectivity index (χ4v) is 2.31. The molecule has 0 aliphatic rings. The number of rotatable bonds is 4. The Morgan fingerprint density at radius 2 is 2.18 bits per heavy atom. The molecule has 8 heteroatoms. The molecule has 17 heavy (non-hydrogen) atoms. The summed E-state index contributed by atoms with van der Waals surface area (Å²) < 4.78 is 1.70. The maximum Gasteiger partial charge on any atom is 0.192 e. The molecule has 2 heterocycles. The fourth-order valence-electron chi connectivity index (χ4n) is 1.39. The molecular weight excluding hydrogens is 238 g/mol. The van der Waals surface area contributed by atoms with E-state index in [4.69, 9.17) is 5.84 Å². The van der Waals surface area contributed by atoms with Gasteiger partial charge in [-0.1, -0.05) is 6.92 Å². The van der Waals surface area contributed by atoms with E-state index in [1.807, 2.05) is 14.0 Å². The highest BCUT2D eigenvalue weighted by Crippen LogP contribution is 2.29. The molecule has 0 radical (unpaired) electrons. The molecule has 3 N–H and O–H groups in total. The Labute approximate surface area is 103 Å². The number of nitrogen functional groups attached to an aromatic ring is 1. The van der Waals surface area contributed by atoms with Gasteiger partial charge in [-0.05, 0) is 18.2 Å². The molecule has 90 valence electrons. The predicted octanol–water partition coefficient (Wildman–Crippen LogP) is 0.604. The Morgan fingerprint density at radius 1 is 1.35 bits per heavy atom. The SMILES string of the molecule is CCc1c(NN)ncnc1Sc1ncnn1C. The van der Waals surface area contributed by atoms with Crippen LogP contribution < -0.4 is 11.3 Å². The smallest absolute Gasteiger partial charge is 0.192 e. The lowest BCUT2D eigenvalue weighted by Gasteiger charge is -2.09. The zero-order valence-electron chi connectivity index (χ0n) is 9.58. The van der Waals surface area contributed by atoms with E-state index < -0.39 is 0 Å². The second kappa shape index (κ2) is 5.11. The standard InChI is InChI=1S/C9H13N7S/c1-3-6-7(15-10)11-4-12-8(6)17-9-13-5-14-16(9)2/h4-5H,3,10H2,1-2H3,(H,11,12,15).